The van der Waals surface area contributed by atoms with E-state index in [0.29, 0.717) is 0 Å². The van der Waals surface area contributed by atoms with E-state index in [0.717, 1.165) is 6.42 Å². The van der Waals surface area contributed by atoms with Crippen LogP contribution in [0.5, 0.6) is 0 Å². The molecule has 0 N–H and O–H groups in total. The molecular formula is C13H21N. The van der Waals surface area contributed by atoms with E-state index in [9.17, 15) is 0 Å². The average molecular weight is 191 g/mol. The van der Waals surface area contributed by atoms with Gasteiger partial charge in [-0.1, -0.05) is 27.7 Å². The van der Waals surface area contributed by atoms with Gasteiger partial charge in [-0.05, 0) is 41.9 Å². The zero-order chi connectivity index (χ0) is 10.8. The van der Waals surface area contributed by atoms with Gasteiger partial charge in [0.2, 0.25) is 0 Å². The zero-order valence-corrected chi connectivity index (χ0v) is 10.0. The third kappa shape index (κ3) is 1.97. The lowest BCUT2D eigenvalue weighted by Crippen LogP contribution is -2.19. The second-order valence-electron chi connectivity index (χ2n) is 4.58. The van der Waals surface area contributed by atoms with Gasteiger partial charge in [-0.25, -0.2) is 0 Å². The number of hydrogen-bond donors (Lipinski definition) is 0. The Morgan fingerprint density at radius 2 is 1.86 bits per heavy atom. The highest BCUT2D eigenvalue weighted by molar-refractivity contribution is 5.37. The van der Waals surface area contributed by atoms with Crippen molar-refractivity contribution in [3.63, 3.8) is 0 Å². The molecule has 0 fully saturated rings. The third-order valence-electron chi connectivity index (χ3n) is 3.16. The summed E-state index contributed by atoms with van der Waals surface area (Å²) in [7, 11) is 0. The van der Waals surface area contributed by atoms with Crippen molar-refractivity contribution >= 4 is 0 Å². The Morgan fingerprint density at radius 3 is 2.36 bits per heavy atom. The molecule has 1 aromatic heterocycles. The minimum Gasteiger partial charge on any atom is -0.264 e. The number of nitrogens with zero attached hydrogens (tertiary/aromatic N) is 1. The summed E-state index contributed by atoms with van der Waals surface area (Å²) in [6, 6.07) is 0. The van der Waals surface area contributed by atoms with Crippen LogP contribution in [0, 0.1) is 6.92 Å². The van der Waals surface area contributed by atoms with E-state index in [1.54, 1.807) is 0 Å². The van der Waals surface area contributed by atoms with Gasteiger partial charge in [0.25, 0.3) is 0 Å². The van der Waals surface area contributed by atoms with Crippen LogP contribution >= 0.6 is 0 Å². The van der Waals surface area contributed by atoms with Crippen LogP contribution in [0.25, 0.3) is 0 Å². The van der Waals surface area contributed by atoms with Crippen molar-refractivity contribution in [2.75, 3.05) is 0 Å². The first-order valence-corrected chi connectivity index (χ1v) is 5.47. The summed E-state index contributed by atoms with van der Waals surface area (Å²) >= 11 is 0. The van der Waals surface area contributed by atoms with Crippen molar-refractivity contribution in [1.29, 1.82) is 0 Å². The van der Waals surface area contributed by atoms with Gasteiger partial charge in [0.15, 0.2) is 0 Å². The van der Waals surface area contributed by atoms with Gasteiger partial charge in [0.05, 0.1) is 0 Å². The van der Waals surface area contributed by atoms with Crippen molar-refractivity contribution in [2.24, 2.45) is 0 Å². The van der Waals surface area contributed by atoms with Crippen LogP contribution < -0.4 is 0 Å². The minimum atomic E-state index is 0.276. The van der Waals surface area contributed by atoms with Crippen molar-refractivity contribution in [3.05, 3.63) is 29.1 Å². The fourth-order valence-corrected chi connectivity index (χ4v) is 2.03. The topological polar surface area (TPSA) is 12.9 Å². The maximum atomic E-state index is 4.26. The van der Waals surface area contributed by atoms with Crippen LogP contribution in [0.1, 0.15) is 50.8 Å². The summed E-state index contributed by atoms with van der Waals surface area (Å²) in [6.07, 6.45) is 6.24. The largest absolute Gasteiger partial charge is 0.264 e. The van der Waals surface area contributed by atoms with Crippen molar-refractivity contribution in [2.45, 2.75) is 52.9 Å². The highest BCUT2D eigenvalue weighted by atomic mass is 14.6. The quantitative estimate of drug-likeness (QED) is 0.710. The molecule has 0 aliphatic rings. The van der Waals surface area contributed by atoms with Crippen LogP contribution in [0.15, 0.2) is 12.4 Å². The molecule has 1 rings (SSSR count). The Morgan fingerprint density at radius 1 is 1.21 bits per heavy atom. The Labute approximate surface area is 87.6 Å². The van der Waals surface area contributed by atoms with Crippen molar-refractivity contribution < 1.29 is 0 Å². The molecule has 0 atom stereocenters. The maximum Gasteiger partial charge on any atom is 0.0302 e. The number of pyridine rings is 1. The fourth-order valence-electron chi connectivity index (χ4n) is 2.03. The normalized spacial score (nSPS) is 11.8. The first kappa shape index (κ1) is 11.2. The number of aromatic nitrogens is 1. The Hall–Kier alpha value is -0.850. The first-order chi connectivity index (χ1) is 6.53. The van der Waals surface area contributed by atoms with Crippen LogP contribution in [0.4, 0.5) is 0 Å². The maximum absolute atomic E-state index is 4.26. The van der Waals surface area contributed by atoms with Gasteiger partial charge >= 0.3 is 0 Å². The zero-order valence-electron chi connectivity index (χ0n) is 10.0. The molecule has 1 nitrogen and oxygen atoms in total. The lowest BCUT2D eigenvalue weighted by Gasteiger charge is -2.27. The van der Waals surface area contributed by atoms with Crippen LogP contribution in [-0.4, -0.2) is 4.98 Å². The number of hydrogen-bond acceptors (Lipinski definition) is 1. The first-order valence-electron chi connectivity index (χ1n) is 5.47. The van der Waals surface area contributed by atoms with Crippen molar-refractivity contribution in [1.82, 2.24) is 4.98 Å². The van der Waals surface area contributed by atoms with Crippen LogP contribution in [0.2, 0.25) is 0 Å². The molecule has 0 saturated carbocycles. The summed E-state index contributed by atoms with van der Waals surface area (Å²) in [5, 5.41) is 0. The minimum absolute atomic E-state index is 0.276. The second-order valence-corrected chi connectivity index (χ2v) is 4.58. The molecular weight excluding hydrogens is 170 g/mol. The summed E-state index contributed by atoms with van der Waals surface area (Å²) in [5.41, 5.74) is 4.50. The fraction of sp³-hybridized carbons (Fsp3) is 0.615. The molecule has 0 aromatic carbocycles. The van der Waals surface area contributed by atoms with E-state index in [4.69, 9.17) is 0 Å². The van der Waals surface area contributed by atoms with Gasteiger partial charge in [0.1, 0.15) is 0 Å². The molecule has 0 radical (unpaired) electrons. The Balaban J connectivity index is 3.30. The van der Waals surface area contributed by atoms with Crippen molar-refractivity contribution in [3.8, 4) is 0 Å². The van der Waals surface area contributed by atoms with Gasteiger partial charge in [-0.15, -0.1) is 0 Å². The molecule has 0 saturated heterocycles. The van der Waals surface area contributed by atoms with Gasteiger partial charge in [-0.2, -0.15) is 0 Å². The summed E-state index contributed by atoms with van der Waals surface area (Å²) in [6.45, 7) is 11.2. The number of rotatable bonds is 3. The highest BCUT2D eigenvalue weighted by Gasteiger charge is 2.22. The lowest BCUT2D eigenvalue weighted by atomic mass is 9.78. The molecule has 1 heterocycles. The molecule has 1 heteroatoms. The van der Waals surface area contributed by atoms with Crippen LogP contribution in [-0.2, 0) is 11.8 Å². The molecule has 0 aliphatic heterocycles. The average Bonchev–Trinajstić information content (AvgIpc) is 2.17. The summed E-state index contributed by atoms with van der Waals surface area (Å²) in [5.74, 6) is 0. The molecule has 78 valence electrons. The Bertz CT molecular complexity index is 313. The highest BCUT2D eigenvalue weighted by Crippen LogP contribution is 2.31. The number of aryl methyl sites for hydroxylation is 2. The van der Waals surface area contributed by atoms with E-state index < -0.39 is 0 Å². The summed E-state index contributed by atoms with van der Waals surface area (Å²) < 4.78 is 0. The lowest BCUT2D eigenvalue weighted by molar-refractivity contribution is 0.497. The second kappa shape index (κ2) is 4.12. The molecule has 0 spiro atoms. The van der Waals surface area contributed by atoms with Crippen LogP contribution in [0.3, 0.4) is 0 Å². The van der Waals surface area contributed by atoms with E-state index in [-0.39, 0.29) is 5.41 Å². The third-order valence-corrected chi connectivity index (χ3v) is 3.16. The molecule has 0 unspecified atom stereocenters. The van der Waals surface area contributed by atoms with E-state index in [1.807, 2.05) is 12.4 Å². The predicted molar refractivity (Wildman–Crippen MR) is 61.7 cm³/mol. The smallest absolute Gasteiger partial charge is 0.0302 e. The van der Waals surface area contributed by atoms with Gasteiger partial charge < -0.3 is 0 Å². The van der Waals surface area contributed by atoms with Gasteiger partial charge in [-0.3, -0.25) is 4.98 Å². The standard InChI is InChI=1S/C13H21N/c1-6-11-9-14-8-10(3)12(11)13(4,5)7-2/h8-9H,6-7H2,1-5H3. The molecule has 14 heavy (non-hydrogen) atoms. The molecule has 0 amide bonds. The molecule has 1 aromatic rings. The predicted octanol–water partition coefficient (Wildman–Crippen LogP) is 3.64. The SMILES string of the molecule is CCc1cncc(C)c1C(C)(C)CC. The Kier molecular flexibility index (Phi) is 3.30. The summed E-state index contributed by atoms with van der Waals surface area (Å²) in [4.78, 5) is 4.26. The van der Waals surface area contributed by atoms with E-state index in [1.165, 1.54) is 23.1 Å². The van der Waals surface area contributed by atoms with E-state index in [2.05, 4.69) is 39.6 Å². The molecule has 0 bridgehead atoms. The monoisotopic (exact) mass is 191 g/mol. The van der Waals surface area contributed by atoms with E-state index >= 15 is 0 Å². The molecule has 0 aliphatic carbocycles. The van der Waals surface area contributed by atoms with Gasteiger partial charge in [0, 0.05) is 12.4 Å².